The second-order valence-corrected chi connectivity index (χ2v) is 8.47. The third-order valence-electron chi connectivity index (χ3n) is 3.65. The molecule has 0 saturated heterocycles. The fraction of sp³-hybridized carbons (Fsp3) is 0.176. The average Bonchev–Trinajstić information content (AvgIpc) is 2.57. The molecule has 2 aromatic carbocycles. The largest absolute Gasteiger partial charge is 0.366 e. The highest BCUT2D eigenvalue weighted by Crippen LogP contribution is 2.32. The number of benzene rings is 2. The Balaban J connectivity index is 2.37. The van der Waals surface area contributed by atoms with E-state index in [0.29, 0.717) is 5.69 Å². The Morgan fingerprint density at radius 2 is 1.81 bits per heavy atom. The number of nitrogens with two attached hydrogens (primary N) is 1. The number of primary amides is 1. The highest BCUT2D eigenvalue weighted by molar-refractivity contribution is 7.92. The topological polar surface area (TPSA) is 110 Å². The third kappa shape index (κ3) is 5.12. The van der Waals surface area contributed by atoms with Gasteiger partial charge in [-0.25, -0.2) is 8.42 Å². The van der Waals surface area contributed by atoms with E-state index in [9.17, 15) is 18.0 Å². The summed E-state index contributed by atoms with van der Waals surface area (Å²) in [6.45, 7) is 1.41. The van der Waals surface area contributed by atoms with Crippen molar-refractivity contribution in [2.75, 3.05) is 15.9 Å². The molecule has 2 rings (SSSR count). The molecule has 7 nitrogen and oxygen atoms in total. The van der Waals surface area contributed by atoms with Crippen LogP contribution in [0.4, 0.5) is 11.4 Å². The van der Waals surface area contributed by atoms with Crippen molar-refractivity contribution >= 4 is 56.4 Å². The van der Waals surface area contributed by atoms with Gasteiger partial charge in [0.1, 0.15) is 6.04 Å². The van der Waals surface area contributed by atoms with E-state index in [1.807, 2.05) is 0 Å². The van der Waals surface area contributed by atoms with E-state index < -0.39 is 27.9 Å². The van der Waals surface area contributed by atoms with Gasteiger partial charge in [-0.1, -0.05) is 29.3 Å². The van der Waals surface area contributed by atoms with Gasteiger partial charge in [0.25, 0.3) is 0 Å². The van der Waals surface area contributed by atoms with Gasteiger partial charge in [-0.3, -0.25) is 13.9 Å². The molecule has 0 aliphatic heterocycles. The van der Waals surface area contributed by atoms with Crippen LogP contribution in [-0.2, 0) is 14.8 Å². The summed E-state index contributed by atoms with van der Waals surface area (Å²) in [4.78, 5) is 23.9. The summed E-state index contributed by atoms with van der Waals surface area (Å²) in [6.07, 6.45) is 0.960. The van der Waals surface area contributed by atoms with Gasteiger partial charge in [0.2, 0.25) is 21.8 Å². The van der Waals surface area contributed by atoms with Crippen LogP contribution in [0.25, 0.3) is 0 Å². The quantitative estimate of drug-likeness (QED) is 0.734. The summed E-state index contributed by atoms with van der Waals surface area (Å²) >= 11 is 12.1. The Kier molecular flexibility index (Phi) is 6.35. The zero-order valence-corrected chi connectivity index (χ0v) is 16.8. The maximum absolute atomic E-state index is 12.6. The Bertz CT molecular complexity index is 995. The fourth-order valence-electron chi connectivity index (χ4n) is 2.43. The number of nitrogens with zero attached hydrogens (tertiary/aromatic N) is 1. The summed E-state index contributed by atoms with van der Waals surface area (Å²) in [5, 5.41) is 2.96. The minimum atomic E-state index is -3.86. The molecule has 0 fully saturated rings. The van der Waals surface area contributed by atoms with Gasteiger partial charge in [0, 0.05) is 16.3 Å². The van der Waals surface area contributed by atoms with Crippen molar-refractivity contribution in [1.29, 1.82) is 0 Å². The van der Waals surface area contributed by atoms with Crippen molar-refractivity contribution in [2.45, 2.75) is 13.0 Å². The number of carbonyl (C=O) groups is 2. The number of anilines is 2. The highest BCUT2D eigenvalue weighted by atomic mass is 35.5. The highest BCUT2D eigenvalue weighted by Gasteiger charge is 2.31. The maximum Gasteiger partial charge on any atom is 0.248 e. The molecule has 2 aromatic rings. The van der Waals surface area contributed by atoms with E-state index in [-0.39, 0.29) is 21.3 Å². The molecule has 1 unspecified atom stereocenters. The first-order valence-corrected chi connectivity index (χ1v) is 10.3. The summed E-state index contributed by atoms with van der Waals surface area (Å²) in [5.41, 5.74) is 5.81. The SMILES string of the molecule is CC(C(=O)Nc1cccc(C(N)=O)c1)N(c1cc(Cl)ccc1Cl)S(C)(=O)=O. The average molecular weight is 430 g/mol. The van der Waals surface area contributed by atoms with Crippen molar-refractivity contribution in [2.24, 2.45) is 5.73 Å². The first kappa shape index (κ1) is 21.0. The molecule has 0 heterocycles. The number of nitrogens with one attached hydrogen (secondary N) is 1. The molecule has 0 saturated carbocycles. The number of carbonyl (C=O) groups excluding carboxylic acids is 2. The molecule has 0 bridgehead atoms. The Hall–Kier alpha value is -2.29. The summed E-state index contributed by atoms with van der Waals surface area (Å²) < 4.78 is 25.5. The number of hydrogen-bond donors (Lipinski definition) is 2. The van der Waals surface area contributed by atoms with E-state index in [1.54, 1.807) is 12.1 Å². The second-order valence-electron chi connectivity index (χ2n) is 5.76. The van der Waals surface area contributed by atoms with Crippen molar-refractivity contribution in [3.05, 3.63) is 58.1 Å². The Morgan fingerprint density at radius 3 is 2.41 bits per heavy atom. The molecule has 0 aromatic heterocycles. The molecule has 3 N–H and O–H groups in total. The van der Waals surface area contributed by atoms with Crippen LogP contribution in [-0.4, -0.2) is 32.5 Å². The molecule has 1 atom stereocenters. The van der Waals surface area contributed by atoms with Gasteiger partial charge in [-0.05, 0) is 43.3 Å². The van der Waals surface area contributed by atoms with Gasteiger partial charge >= 0.3 is 0 Å². The number of sulfonamides is 1. The Morgan fingerprint density at radius 1 is 1.15 bits per heavy atom. The molecular weight excluding hydrogens is 413 g/mol. The zero-order valence-electron chi connectivity index (χ0n) is 14.4. The first-order chi connectivity index (χ1) is 12.5. The summed E-state index contributed by atoms with van der Waals surface area (Å²) in [5.74, 6) is -1.28. The van der Waals surface area contributed by atoms with Crippen molar-refractivity contribution in [1.82, 2.24) is 0 Å². The first-order valence-electron chi connectivity index (χ1n) is 7.66. The van der Waals surface area contributed by atoms with E-state index in [2.05, 4.69) is 5.32 Å². The smallest absolute Gasteiger partial charge is 0.248 e. The summed E-state index contributed by atoms with van der Waals surface area (Å²) in [7, 11) is -3.86. The number of rotatable bonds is 6. The zero-order chi connectivity index (χ0) is 20.4. The fourth-order valence-corrected chi connectivity index (χ4v) is 4.04. The van der Waals surface area contributed by atoms with Crippen molar-refractivity contribution in [3.8, 4) is 0 Å². The molecular formula is C17H17Cl2N3O4S. The molecule has 0 aliphatic rings. The monoisotopic (exact) mass is 429 g/mol. The minimum Gasteiger partial charge on any atom is -0.366 e. The lowest BCUT2D eigenvalue weighted by molar-refractivity contribution is -0.116. The normalized spacial score (nSPS) is 12.3. The van der Waals surface area contributed by atoms with Crippen LogP contribution in [0.2, 0.25) is 10.0 Å². The molecule has 0 aliphatic carbocycles. The van der Waals surface area contributed by atoms with E-state index in [0.717, 1.165) is 10.6 Å². The molecule has 2 amide bonds. The van der Waals surface area contributed by atoms with Gasteiger partial charge < -0.3 is 11.1 Å². The summed E-state index contributed by atoms with van der Waals surface area (Å²) in [6, 6.07) is 9.15. The van der Waals surface area contributed by atoms with Crippen molar-refractivity contribution < 1.29 is 18.0 Å². The lowest BCUT2D eigenvalue weighted by atomic mass is 10.2. The number of halogens is 2. The van der Waals surface area contributed by atoms with Crippen LogP contribution in [0.5, 0.6) is 0 Å². The van der Waals surface area contributed by atoms with Gasteiger partial charge in [-0.15, -0.1) is 0 Å². The van der Waals surface area contributed by atoms with Crippen molar-refractivity contribution in [3.63, 3.8) is 0 Å². The van der Waals surface area contributed by atoms with E-state index in [1.165, 1.54) is 37.3 Å². The predicted molar refractivity (Wildman–Crippen MR) is 107 cm³/mol. The second kappa shape index (κ2) is 8.16. The van der Waals surface area contributed by atoms with E-state index in [4.69, 9.17) is 28.9 Å². The maximum atomic E-state index is 12.6. The van der Waals surface area contributed by atoms with Crippen LogP contribution >= 0.6 is 23.2 Å². The number of amides is 2. The molecule has 0 radical (unpaired) electrons. The van der Waals surface area contributed by atoms with Crippen LogP contribution in [0.1, 0.15) is 17.3 Å². The third-order valence-corrected chi connectivity index (χ3v) is 5.43. The molecule has 10 heteroatoms. The lowest BCUT2D eigenvalue weighted by Gasteiger charge is -2.29. The Labute approximate surface area is 167 Å². The predicted octanol–water partition coefficient (Wildman–Crippen LogP) is 2.89. The van der Waals surface area contributed by atoms with Crippen LogP contribution < -0.4 is 15.4 Å². The van der Waals surface area contributed by atoms with Crippen LogP contribution in [0.15, 0.2) is 42.5 Å². The van der Waals surface area contributed by atoms with Gasteiger partial charge in [0.15, 0.2) is 0 Å². The molecule has 144 valence electrons. The molecule has 27 heavy (non-hydrogen) atoms. The van der Waals surface area contributed by atoms with Gasteiger partial charge in [0.05, 0.1) is 17.0 Å². The lowest BCUT2D eigenvalue weighted by Crippen LogP contribution is -2.45. The van der Waals surface area contributed by atoms with Crippen LogP contribution in [0, 0.1) is 0 Å². The van der Waals surface area contributed by atoms with Crippen LogP contribution in [0.3, 0.4) is 0 Å². The number of hydrogen-bond acceptors (Lipinski definition) is 4. The molecule has 0 spiro atoms. The van der Waals surface area contributed by atoms with E-state index >= 15 is 0 Å². The standard InChI is InChI=1S/C17H17Cl2N3O4S/c1-10(17(24)21-13-5-3-4-11(8-13)16(20)23)22(27(2,25)26)15-9-12(18)6-7-14(15)19/h3-10H,1-2H3,(H2,20,23)(H,21,24). The minimum absolute atomic E-state index is 0.0835. The van der Waals surface area contributed by atoms with Gasteiger partial charge in [-0.2, -0.15) is 0 Å².